The van der Waals surface area contributed by atoms with Crippen LogP contribution < -0.4 is 0 Å². The first-order chi connectivity index (χ1) is 5.69. The molecule has 0 saturated carbocycles. The van der Waals surface area contributed by atoms with Gasteiger partial charge < -0.3 is 0 Å². The molecule has 1 heteroatoms. The van der Waals surface area contributed by atoms with Crippen molar-refractivity contribution in [1.82, 2.24) is 0 Å². The highest BCUT2D eigenvalue weighted by Gasteiger charge is 2.31. The van der Waals surface area contributed by atoms with Gasteiger partial charge in [-0.05, 0) is 31.6 Å². The van der Waals surface area contributed by atoms with Crippen molar-refractivity contribution in [2.45, 2.75) is 65.7 Å². The van der Waals surface area contributed by atoms with Crippen LogP contribution in [0, 0.1) is 11.3 Å². The van der Waals surface area contributed by atoms with Gasteiger partial charge in [0.15, 0.2) is 0 Å². The van der Waals surface area contributed by atoms with Gasteiger partial charge in [0.2, 0.25) is 0 Å². The fourth-order valence-corrected chi connectivity index (χ4v) is 2.43. The quantitative estimate of drug-likeness (QED) is 0.562. The zero-order chi connectivity index (χ0) is 10.7. The van der Waals surface area contributed by atoms with Gasteiger partial charge in [-0.1, -0.05) is 40.5 Å². The van der Waals surface area contributed by atoms with Gasteiger partial charge in [0.1, 0.15) is 0 Å². The molecule has 0 aromatic heterocycles. The van der Waals surface area contributed by atoms with Crippen LogP contribution in [0.5, 0.6) is 0 Å². The first-order valence-corrected chi connectivity index (χ1v) is 5.76. The Morgan fingerprint density at radius 1 is 1.15 bits per heavy atom. The Labute approximate surface area is 89.1 Å². The molecule has 80 valence electrons. The van der Waals surface area contributed by atoms with Gasteiger partial charge in [-0.15, -0.1) is 11.6 Å². The fraction of sp³-hybridized carbons (Fsp3) is 1.00. The summed E-state index contributed by atoms with van der Waals surface area (Å²) in [5.74, 6) is 0.760. The third-order valence-corrected chi connectivity index (χ3v) is 3.07. The molecule has 0 aliphatic carbocycles. The molecule has 0 fully saturated rings. The standard InChI is InChI=1S/C12H25Cl/c1-7-8-10(2)11(3,4)9-12(5,6)13/h10H,7-9H2,1-6H3. The van der Waals surface area contributed by atoms with Crippen LogP contribution in [0.2, 0.25) is 0 Å². The molecule has 0 N–H and O–H groups in total. The first-order valence-electron chi connectivity index (χ1n) is 5.38. The molecule has 13 heavy (non-hydrogen) atoms. The lowest BCUT2D eigenvalue weighted by atomic mass is 9.72. The van der Waals surface area contributed by atoms with Crippen LogP contribution in [0.25, 0.3) is 0 Å². The molecule has 0 saturated heterocycles. The summed E-state index contributed by atoms with van der Waals surface area (Å²) < 4.78 is 0. The summed E-state index contributed by atoms with van der Waals surface area (Å²) in [7, 11) is 0. The minimum Gasteiger partial charge on any atom is -0.120 e. The van der Waals surface area contributed by atoms with E-state index in [1.165, 1.54) is 12.8 Å². The van der Waals surface area contributed by atoms with Gasteiger partial charge in [-0.25, -0.2) is 0 Å². The fourth-order valence-electron chi connectivity index (χ4n) is 2.08. The summed E-state index contributed by atoms with van der Waals surface area (Å²) in [6, 6.07) is 0. The minimum atomic E-state index is -0.0640. The lowest BCUT2D eigenvalue weighted by Crippen LogP contribution is -2.29. The monoisotopic (exact) mass is 204 g/mol. The Morgan fingerprint density at radius 3 is 1.92 bits per heavy atom. The van der Waals surface area contributed by atoms with E-state index in [4.69, 9.17) is 11.6 Å². The molecule has 0 heterocycles. The van der Waals surface area contributed by atoms with E-state index in [1.54, 1.807) is 0 Å². The molecule has 0 bridgehead atoms. The number of halogens is 1. The highest BCUT2D eigenvalue weighted by atomic mass is 35.5. The van der Waals surface area contributed by atoms with Crippen LogP contribution in [-0.4, -0.2) is 4.87 Å². The molecule has 0 aliphatic heterocycles. The van der Waals surface area contributed by atoms with Crippen molar-refractivity contribution >= 4 is 11.6 Å². The molecule has 1 unspecified atom stereocenters. The highest BCUT2D eigenvalue weighted by Crippen LogP contribution is 2.39. The summed E-state index contributed by atoms with van der Waals surface area (Å²) >= 11 is 6.26. The van der Waals surface area contributed by atoms with Crippen molar-refractivity contribution < 1.29 is 0 Å². The lowest BCUT2D eigenvalue weighted by molar-refractivity contribution is 0.181. The van der Waals surface area contributed by atoms with Gasteiger partial charge in [0.25, 0.3) is 0 Å². The smallest absolute Gasteiger partial charge is 0.0395 e. The molecule has 0 spiro atoms. The van der Waals surface area contributed by atoms with Crippen LogP contribution in [0.3, 0.4) is 0 Å². The first kappa shape index (κ1) is 13.3. The molecule has 1 atom stereocenters. The molecular weight excluding hydrogens is 180 g/mol. The second kappa shape index (κ2) is 4.68. The number of rotatable bonds is 5. The van der Waals surface area contributed by atoms with Crippen molar-refractivity contribution in [3.63, 3.8) is 0 Å². The summed E-state index contributed by atoms with van der Waals surface area (Å²) in [5, 5.41) is 0. The molecule has 0 nitrogen and oxygen atoms in total. The van der Waals surface area contributed by atoms with E-state index >= 15 is 0 Å². The van der Waals surface area contributed by atoms with Crippen LogP contribution in [0.1, 0.15) is 60.8 Å². The summed E-state index contributed by atoms with van der Waals surface area (Å²) in [6.07, 6.45) is 3.66. The Hall–Kier alpha value is 0.290. The van der Waals surface area contributed by atoms with Crippen molar-refractivity contribution in [3.05, 3.63) is 0 Å². The van der Waals surface area contributed by atoms with Crippen molar-refractivity contribution in [2.24, 2.45) is 11.3 Å². The maximum Gasteiger partial charge on any atom is 0.0395 e. The Morgan fingerprint density at radius 2 is 1.62 bits per heavy atom. The molecule has 0 aromatic rings. The van der Waals surface area contributed by atoms with Gasteiger partial charge in [0.05, 0.1) is 0 Å². The highest BCUT2D eigenvalue weighted by molar-refractivity contribution is 6.23. The van der Waals surface area contributed by atoms with Crippen LogP contribution in [0.4, 0.5) is 0 Å². The van der Waals surface area contributed by atoms with Gasteiger partial charge in [-0.2, -0.15) is 0 Å². The third kappa shape index (κ3) is 5.57. The van der Waals surface area contributed by atoms with E-state index in [0.717, 1.165) is 12.3 Å². The van der Waals surface area contributed by atoms with Crippen molar-refractivity contribution in [2.75, 3.05) is 0 Å². The van der Waals surface area contributed by atoms with E-state index in [-0.39, 0.29) is 4.87 Å². The maximum atomic E-state index is 6.26. The normalized spacial score (nSPS) is 15.9. The summed E-state index contributed by atoms with van der Waals surface area (Å²) in [6.45, 7) is 13.5. The van der Waals surface area contributed by atoms with Crippen molar-refractivity contribution in [3.8, 4) is 0 Å². The minimum absolute atomic E-state index is 0.0640. The van der Waals surface area contributed by atoms with E-state index in [1.807, 2.05) is 0 Å². The number of alkyl halides is 1. The van der Waals surface area contributed by atoms with Crippen LogP contribution >= 0.6 is 11.6 Å². The van der Waals surface area contributed by atoms with Crippen molar-refractivity contribution in [1.29, 1.82) is 0 Å². The number of hydrogen-bond acceptors (Lipinski definition) is 0. The van der Waals surface area contributed by atoms with Gasteiger partial charge >= 0.3 is 0 Å². The molecule has 0 aliphatic rings. The summed E-state index contributed by atoms with van der Waals surface area (Å²) in [4.78, 5) is -0.0640. The van der Waals surface area contributed by atoms with Gasteiger partial charge in [0, 0.05) is 4.87 Å². The predicted octanol–water partition coefficient (Wildman–Crippen LogP) is 4.86. The topological polar surface area (TPSA) is 0 Å². The second-order valence-corrected chi connectivity index (χ2v) is 6.60. The lowest BCUT2D eigenvalue weighted by Gasteiger charge is -2.36. The summed E-state index contributed by atoms with van der Waals surface area (Å²) in [5.41, 5.74) is 0.362. The molecule has 0 amide bonds. The Balaban J connectivity index is 4.21. The zero-order valence-electron chi connectivity index (χ0n) is 10.1. The number of hydrogen-bond donors (Lipinski definition) is 0. The SMILES string of the molecule is CCCC(C)C(C)(C)CC(C)(C)Cl. The molecular formula is C12H25Cl. The Bertz CT molecular complexity index is 142. The Kier molecular flexibility index (Phi) is 4.79. The average molecular weight is 205 g/mol. The van der Waals surface area contributed by atoms with E-state index < -0.39 is 0 Å². The third-order valence-electron chi connectivity index (χ3n) is 2.93. The van der Waals surface area contributed by atoms with E-state index in [9.17, 15) is 0 Å². The van der Waals surface area contributed by atoms with Crippen LogP contribution in [0.15, 0.2) is 0 Å². The molecule has 0 aromatic carbocycles. The zero-order valence-corrected chi connectivity index (χ0v) is 10.8. The average Bonchev–Trinajstić information content (AvgIpc) is 1.82. The largest absolute Gasteiger partial charge is 0.120 e. The van der Waals surface area contributed by atoms with E-state index in [2.05, 4.69) is 41.5 Å². The maximum absolute atomic E-state index is 6.26. The molecule has 0 rings (SSSR count). The van der Waals surface area contributed by atoms with Gasteiger partial charge in [-0.3, -0.25) is 0 Å². The van der Waals surface area contributed by atoms with E-state index in [0.29, 0.717) is 5.41 Å². The molecule has 0 radical (unpaired) electrons. The predicted molar refractivity (Wildman–Crippen MR) is 62.4 cm³/mol. The second-order valence-electron chi connectivity index (χ2n) is 5.57. The van der Waals surface area contributed by atoms with Crippen LogP contribution in [-0.2, 0) is 0 Å².